The lowest BCUT2D eigenvalue weighted by atomic mass is 9.84. The van der Waals surface area contributed by atoms with Crippen LogP contribution in [0.25, 0.3) is 0 Å². The van der Waals surface area contributed by atoms with Gasteiger partial charge in [-0.15, -0.1) is 11.3 Å². The average molecular weight is 243 g/mol. The Morgan fingerprint density at radius 3 is 2.40 bits per heavy atom. The summed E-state index contributed by atoms with van der Waals surface area (Å²) < 4.78 is 0.769. The van der Waals surface area contributed by atoms with Crippen LogP contribution in [-0.4, -0.2) is 19.0 Å². The SMILES string of the molecule is CN(C)C(c1ccc(Cl)s1)C(C)(C)C#N. The Balaban J connectivity index is 3.10. The summed E-state index contributed by atoms with van der Waals surface area (Å²) in [6.45, 7) is 3.90. The van der Waals surface area contributed by atoms with Crippen molar-refractivity contribution in [3.8, 4) is 6.07 Å². The second kappa shape index (κ2) is 4.52. The molecule has 0 aliphatic carbocycles. The van der Waals surface area contributed by atoms with E-state index in [-0.39, 0.29) is 6.04 Å². The van der Waals surface area contributed by atoms with Crippen LogP contribution >= 0.6 is 22.9 Å². The van der Waals surface area contributed by atoms with E-state index in [4.69, 9.17) is 11.6 Å². The highest BCUT2D eigenvalue weighted by atomic mass is 35.5. The molecule has 82 valence electrons. The highest BCUT2D eigenvalue weighted by Crippen LogP contribution is 2.40. The van der Waals surface area contributed by atoms with Gasteiger partial charge in [-0.05, 0) is 40.1 Å². The van der Waals surface area contributed by atoms with Gasteiger partial charge in [0.2, 0.25) is 0 Å². The number of nitrogens with zero attached hydrogens (tertiary/aromatic N) is 2. The van der Waals surface area contributed by atoms with Crippen molar-refractivity contribution in [3.63, 3.8) is 0 Å². The van der Waals surface area contributed by atoms with Crippen LogP contribution in [0.5, 0.6) is 0 Å². The fourth-order valence-corrected chi connectivity index (χ4v) is 3.24. The van der Waals surface area contributed by atoms with Crippen LogP contribution in [-0.2, 0) is 0 Å². The molecule has 0 saturated carbocycles. The predicted molar refractivity (Wildman–Crippen MR) is 65.2 cm³/mol. The topological polar surface area (TPSA) is 27.0 Å². The third-order valence-corrected chi connectivity index (χ3v) is 3.64. The van der Waals surface area contributed by atoms with Crippen molar-refractivity contribution in [2.45, 2.75) is 19.9 Å². The van der Waals surface area contributed by atoms with Gasteiger partial charge in [-0.3, -0.25) is 0 Å². The first-order valence-corrected chi connectivity index (χ1v) is 5.91. The van der Waals surface area contributed by atoms with E-state index in [1.807, 2.05) is 40.1 Å². The quantitative estimate of drug-likeness (QED) is 0.811. The molecular weight excluding hydrogens is 228 g/mol. The van der Waals surface area contributed by atoms with Crippen molar-refractivity contribution in [1.29, 1.82) is 5.26 Å². The molecule has 0 saturated heterocycles. The first kappa shape index (κ1) is 12.5. The molecule has 0 aliphatic rings. The molecule has 1 aromatic heterocycles. The molecular formula is C11H15ClN2S. The molecule has 0 spiro atoms. The molecule has 0 N–H and O–H groups in total. The molecule has 1 atom stereocenters. The van der Waals surface area contributed by atoms with Gasteiger partial charge >= 0.3 is 0 Å². The van der Waals surface area contributed by atoms with Gasteiger partial charge in [0.05, 0.1) is 21.9 Å². The molecule has 1 heterocycles. The predicted octanol–water partition coefficient (Wildman–Crippen LogP) is 3.55. The largest absolute Gasteiger partial charge is 0.300 e. The van der Waals surface area contributed by atoms with Crippen LogP contribution in [0.3, 0.4) is 0 Å². The van der Waals surface area contributed by atoms with Gasteiger partial charge in [0, 0.05) is 4.88 Å². The van der Waals surface area contributed by atoms with E-state index in [1.54, 1.807) is 0 Å². The van der Waals surface area contributed by atoms with Gasteiger partial charge in [0.1, 0.15) is 0 Å². The summed E-state index contributed by atoms with van der Waals surface area (Å²) in [5, 5.41) is 9.18. The lowest BCUT2D eigenvalue weighted by Gasteiger charge is -2.32. The fraction of sp³-hybridized carbons (Fsp3) is 0.545. The van der Waals surface area contributed by atoms with Crippen molar-refractivity contribution in [2.75, 3.05) is 14.1 Å². The van der Waals surface area contributed by atoms with E-state index in [0.717, 1.165) is 9.21 Å². The number of nitriles is 1. The first-order valence-electron chi connectivity index (χ1n) is 4.71. The Kier molecular flexibility index (Phi) is 3.77. The molecule has 1 unspecified atom stereocenters. The van der Waals surface area contributed by atoms with Gasteiger partial charge in [0.25, 0.3) is 0 Å². The van der Waals surface area contributed by atoms with E-state index in [9.17, 15) is 5.26 Å². The molecule has 0 amide bonds. The van der Waals surface area contributed by atoms with Crippen molar-refractivity contribution in [3.05, 3.63) is 21.3 Å². The molecule has 15 heavy (non-hydrogen) atoms. The Morgan fingerprint density at radius 1 is 1.47 bits per heavy atom. The Bertz CT molecular complexity index is 376. The Hall–Kier alpha value is -0.560. The number of thiophene rings is 1. The maximum atomic E-state index is 9.18. The average Bonchev–Trinajstić information content (AvgIpc) is 2.51. The Morgan fingerprint density at radius 2 is 2.07 bits per heavy atom. The number of hydrogen-bond acceptors (Lipinski definition) is 3. The number of halogens is 1. The van der Waals surface area contributed by atoms with Gasteiger partial charge < -0.3 is 4.90 Å². The van der Waals surface area contributed by atoms with E-state index in [0.29, 0.717) is 0 Å². The normalized spacial score (nSPS) is 13.9. The maximum Gasteiger partial charge on any atom is 0.0931 e. The molecule has 1 rings (SSSR count). The third-order valence-electron chi connectivity index (χ3n) is 2.35. The summed E-state index contributed by atoms with van der Waals surface area (Å²) >= 11 is 7.46. The van der Waals surface area contributed by atoms with Crippen LogP contribution in [0.2, 0.25) is 4.34 Å². The van der Waals surface area contributed by atoms with Crippen LogP contribution in [0.1, 0.15) is 24.8 Å². The summed E-state index contributed by atoms with van der Waals surface area (Å²) in [5.74, 6) is 0. The zero-order chi connectivity index (χ0) is 11.6. The highest BCUT2D eigenvalue weighted by molar-refractivity contribution is 7.16. The first-order chi connectivity index (χ1) is 6.88. The molecule has 0 bridgehead atoms. The molecule has 0 fully saturated rings. The van der Waals surface area contributed by atoms with E-state index in [1.165, 1.54) is 11.3 Å². The number of hydrogen-bond donors (Lipinski definition) is 0. The van der Waals surface area contributed by atoms with Crippen molar-refractivity contribution in [2.24, 2.45) is 5.41 Å². The van der Waals surface area contributed by atoms with Crippen molar-refractivity contribution in [1.82, 2.24) is 4.90 Å². The van der Waals surface area contributed by atoms with Crippen molar-refractivity contribution >= 4 is 22.9 Å². The minimum Gasteiger partial charge on any atom is -0.300 e. The Labute approximate surface area is 100 Å². The second-order valence-corrected chi connectivity index (χ2v) is 6.09. The second-order valence-electron chi connectivity index (χ2n) is 4.34. The van der Waals surface area contributed by atoms with Gasteiger partial charge in [-0.2, -0.15) is 5.26 Å². The van der Waals surface area contributed by atoms with E-state index in [2.05, 4.69) is 11.0 Å². The molecule has 1 aromatic rings. The molecule has 0 aliphatic heterocycles. The molecule has 0 radical (unpaired) electrons. The van der Waals surface area contributed by atoms with Crippen LogP contribution in [0.4, 0.5) is 0 Å². The van der Waals surface area contributed by atoms with Gasteiger partial charge in [-0.1, -0.05) is 11.6 Å². The molecule has 4 heteroatoms. The summed E-state index contributed by atoms with van der Waals surface area (Å²) in [6.07, 6.45) is 0. The smallest absolute Gasteiger partial charge is 0.0931 e. The molecule has 0 aromatic carbocycles. The highest BCUT2D eigenvalue weighted by Gasteiger charge is 2.33. The van der Waals surface area contributed by atoms with E-state index < -0.39 is 5.41 Å². The van der Waals surface area contributed by atoms with Crippen LogP contribution in [0.15, 0.2) is 12.1 Å². The standard InChI is InChI=1S/C11H15ClN2S/c1-11(2,7-13)10(14(3)4)8-5-6-9(12)15-8/h5-6,10H,1-4H3. The van der Waals surface area contributed by atoms with E-state index >= 15 is 0 Å². The zero-order valence-electron chi connectivity index (χ0n) is 9.41. The van der Waals surface area contributed by atoms with Crippen molar-refractivity contribution < 1.29 is 0 Å². The molecule has 2 nitrogen and oxygen atoms in total. The monoisotopic (exact) mass is 242 g/mol. The summed E-state index contributed by atoms with van der Waals surface area (Å²) in [6, 6.07) is 6.31. The van der Waals surface area contributed by atoms with Crippen LogP contribution < -0.4 is 0 Å². The number of rotatable bonds is 3. The minimum absolute atomic E-state index is 0.0833. The minimum atomic E-state index is -0.419. The third kappa shape index (κ3) is 2.72. The summed E-state index contributed by atoms with van der Waals surface area (Å²) in [4.78, 5) is 3.20. The van der Waals surface area contributed by atoms with Gasteiger partial charge in [-0.25, -0.2) is 0 Å². The summed E-state index contributed by atoms with van der Waals surface area (Å²) in [7, 11) is 3.97. The van der Waals surface area contributed by atoms with Gasteiger partial charge in [0.15, 0.2) is 0 Å². The van der Waals surface area contributed by atoms with Crippen LogP contribution in [0, 0.1) is 16.7 Å². The zero-order valence-corrected chi connectivity index (χ0v) is 11.0. The fourth-order valence-electron chi connectivity index (χ4n) is 1.79. The lowest BCUT2D eigenvalue weighted by molar-refractivity contribution is 0.189. The summed E-state index contributed by atoms with van der Waals surface area (Å²) in [5.41, 5.74) is -0.419. The maximum absolute atomic E-state index is 9.18. The lowest BCUT2D eigenvalue weighted by Crippen LogP contribution is -2.31.